The number of amides is 2. The molecule has 0 radical (unpaired) electrons. The van der Waals surface area contributed by atoms with Crippen LogP contribution in [0.2, 0.25) is 0 Å². The van der Waals surface area contributed by atoms with Crippen LogP contribution in [0.1, 0.15) is 13.8 Å². The predicted molar refractivity (Wildman–Crippen MR) is 57.5 cm³/mol. The van der Waals surface area contributed by atoms with E-state index in [1.165, 1.54) is 21.6 Å². The van der Waals surface area contributed by atoms with E-state index in [1.807, 2.05) is 0 Å². The summed E-state index contributed by atoms with van der Waals surface area (Å²) >= 11 is 0. The van der Waals surface area contributed by atoms with Gasteiger partial charge in [-0.3, -0.25) is 9.59 Å². The fourth-order valence-corrected chi connectivity index (χ4v) is 4.84. The first-order valence-electron chi connectivity index (χ1n) is 4.27. The van der Waals surface area contributed by atoms with Crippen molar-refractivity contribution in [2.24, 2.45) is 0 Å². The van der Waals surface area contributed by atoms with Gasteiger partial charge in [-0.05, 0) is 13.8 Å². The zero-order chi connectivity index (χ0) is 10.7. The second-order valence-electron chi connectivity index (χ2n) is 3.86. The van der Waals surface area contributed by atoms with Gasteiger partial charge in [-0.15, -0.1) is 0 Å². The van der Waals surface area contributed by atoms with Gasteiger partial charge in [-0.25, -0.2) is 0 Å². The highest BCUT2D eigenvalue weighted by atomic mass is 33.1. The van der Waals surface area contributed by atoms with Crippen molar-refractivity contribution >= 4 is 33.4 Å². The van der Waals surface area contributed by atoms with Crippen LogP contribution >= 0.6 is 21.6 Å². The second kappa shape index (κ2) is 2.61. The van der Waals surface area contributed by atoms with Gasteiger partial charge in [0.25, 0.3) is 11.8 Å². The monoisotopic (exact) mass is 232 g/mol. The molecule has 3 fully saturated rings. The van der Waals surface area contributed by atoms with Crippen LogP contribution in [0.25, 0.3) is 0 Å². The van der Waals surface area contributed by atoms with Crippen molar-refractivity contribution in [2.75, 3.05) is 14.1 Å². The second-order valence-corrected chi connectivity index (χ2v) is 6.78. The molecule has 3 aliphatic heterocycles. The van der Waals surface area contributed by atoms with Crippen LogP contribution in [0.3, 0.4) is 0 Å². The topological polar surface area (TPSA) is 40.6 Å². The standard InChI is InChI=1S/C8H12N2O2S2/c1-7-5(11)10(4)8(2,14-13-7)6(12)9(7)3/h1-4H3/t7-,8-/m1/s1. The highest BCUT2D eigenvalue weighted by Crippen LogP contribution is 2.57. The van der Waals surface area contributed by atoms with Crippen molar-refractivity contribution in [3.05, 3.63) is 0 Å². The number of piperazine rings is 1. The SMILES string of the molecule is CN1C(=O)[C@@]2(C)SS[C@]1(C)C(=O)N2C. The molecule has 0 N–H and O–H groups in total. The van der Waals surface area contributed by atoms with E-state index < -0.39 is 9.74 Å². The van der Waals surface area contributed by atoms with Gasteiger partial charge in [0.1, 0.15) is 0 Å². The van der Waals surface area contributed by atoms with Crippen LogP contribution in [0.4, 0.5) is 0 Å². The van der Waals surface area contributed by atoms with Gasteiger partial charge in [0.15, 0.2) is 9.74 Å². The minimum absolute atomic E-state index is 0.00542. The summed E-state index contributed by atoms with van der Waals surface area (Å²) in [5.74, 6) is 0.0108. The van der Waals surface area contributed by atoms with Crippen LogP contribution in [0, 0.1) is 0 Å². The highest BCUT2D eigenvalue weighted by Gasteiger charge is 2.63. The maximum absolute atomic E-state index is 12.0. The van der Waals surface area contributed by atoms with E-state index in [0.717, 1.165) is 0 Å². The van der Waals surface area contributed by atoms with E-state index in [1.54, 1.807) is 37.7 Å². The molecule has 2 bridgehead atoms. The van der Waals surface area contributed by atoms with E-state index >= 15 is 0 Å². The molecular formula is C8H12N2O2S2. The number of likely N-dealkylation sites (N-methyl/N-ethyl adjacent to an activating group) is 2. The van der Waals surface area contributed by atoms with Crippen molar-refractivity contribution in [3.63, 3.8) is 0 Å². The van der Waals surface area contributed by atoms with Gasteiger partial charge in [0.2, 0.25) is 0 Å². The van der Waals surface area contributed by atoms with Crippen LogP contribution < -0.4 is 0 Å². The number of nitrogens with zero attached hydrogens (tertiary/aromatic N) is 2. The molecule has 0 aromatic heterocycles. The van der Waals surface area contributed by atoms with Crippen LogP contribution in [-0.4, -0.2) is 45.5 Å². The quantitative estimate of drug-likeness (QED) is 0.578. The lowest BCUT2D eigenvalue weighted by molar-refractivity contribution is -0.161. The van der Waals surface area contributed by atoms with E-state index in [4.69, 9.17) is 0 Å². The molecule has 2 atom stereocenters. The third-order valence-electron chi connectivity index (χ3n) is 3.05. The number of carbonyl (C=O) groups excluding carboxylic acids is 2. The van der Waals surface area contributed by atoms with Crippen LogP contribution in [0.15, 0.2) is 0 Å². The summed E-state index contributed by atoms with van der Waals surface area (Å²) in [5, 5.41) is 0. The lowest BCUT2D eigenvalue weighted by Crippen LogP contribution is -2.73. The average Bonchev–Trinajstić information content (AvgIpc) is 2.16. The molecule has 14 heavy (non-hydrogen) atoms. The average molecular weight is 232 g/mol. The normalized spacial score (nSPS) is 42.3. The molecule has 3 aliphatic rings. The fraction of sp³-hybridized carbons (Fsp3) is 0.750. The summed E-state index contributed by atoms with van der Waals surface area (Å²) in [6, 6.07) is 0. The molecule has 3 heterocycles. The summed E-state index contributed by atoms with van der Waals surface area (Å²) in [6.45, 7) is 3.58. The third-order valence-corrected chi connectivity index (χ3v) is 6.88. The zero-order valence-corrected chi connectivity index (χ0v) is 10.2. The van der Waals surface area contributed by atoms with Gasteiger partial charge in [-0.1, -0.05) is 21.6 Å². The van der Waals surface area contributed by atoms with Gasteiger partial charge < -0.3 is 9.80 Å². The highest BCUT2D eigenvalue weighted by molar-refractivity contribution is 8.78. The number of fused-ring (bicyclic) bond motifs is 3. The Labute approximate surface area is 90.8 Å². The Kier molecular flexibility index (Phi) is 1.89. The molecule has 2 amide bonds. The van der Waals surface area contributed by atoms with Crippen molar-refractivity contribution < 1.29 is 9.59 Å². The van der Waals surface area contributed by atoms with Crippen LogP contribution in [-0.2, 0) is 9.59 Å². The summed E-state index contributed by atoms with van der Waals surface area (Å²) < 4.78 is 0. The first-order chi connectivity index (χ1) is 6.34. The number of rotatable bonds is 0. The lowest BCUT2D eigenvalue weighted by Gasteiger charge is -2.56. The molecular weight excluding hydrogens is 220 g/mol. The Hall–Kier alpha value is -0.360. The van der Waals surface area contributed by atoms with Crippen LogP contribution in [0.5, 0.6) is 0 Å². The third kappa shape index (κ3) is 0.883. The molecule has 78 valence electrons. The van der Waals surface area contributed by atoms with Crippen molar-refractivity contribution in [2.45, 2.75) is 23.6 Å². The maximum Gasteiger partial charge on any atom is 0.260 e. The minimum Gasteiger partial charge on any atom is -0.319 e. The molecule has 0 unspecified atom stereocenters. The molecule has 0 aromatic carbocycles. The molecule has 0 aliphatic carbocycles. The van der Waals surface area contributed by atoms with E-state index in [2.05, 4.69) is 0 Å². The van der Waals surface area contributed by atoms with E-state index in [9.17, 15) is 9.59 Å². The number of carbonyl (C=O) groups is 2. The molecule has 0 spiro atoms. The summed E-state index contributed by atoms with van der Waals surface area (Å²) in [4.78, 5) is 25.6. The van der Waals surface area contributed by atoms with Gasteiger partial charge >= 0.3 is 0 Å². The van der Waals surface area contributed by atoms with E-state index in [-0.39, 0.29) is 11.8 Å². The van der Waals surface area contributed by atoms with Gasteiger partial charge in [-0.2, -0.15) is 0 Å². The van der Waals surface area contributed by atoms with Crippen molar-refractivity contribution in [1.29, 1.82) is 0 Å². The van der Waals surface area contributed by atoms with Crippen molar-refractivity contribution in [1.82, 2.24) is 9.80 Å². The number of hydrogen-bond donors (Lipinski definition) is 0. The molecule has 3 saturated heterocycles. The lowest BCUT2D eigenvalue weighted by atomic mass is 10.1. The Morgan fingerprint density at radius 3 is 1.50 bits per heavy atom. The zero-order valence-electron chi connectivity index (χ0n) is 8.53. The molecule has 6 heteroatoms. The van der Waals surface area contributed by atoms with E-state index in [0.29, 0.717) is 0 Å². The summed E-state index contributed by atoms with van der Waals surface area (Å²) in [7, 11) is 6.32. The Morgan fingerprint density at radius 1 is 0.929 bits per heavy atom. The maximum atomic E-state index is 12.0. The molecule has 3 rings (SSSR count). The Morgan fingerprint density at radius 2 is 1.21 bits per heavy atom. The summed E-state index contributed by atoms with van der Waals surface area (Å²) in [6.07, 6.45) is 0. The summed E-state index contributed by atoms with van der Waals surface area (Å²) in [5.41, 5.74) is 0. The predicted octanol–water partition coefficient (Wildman–Crippen LogP) is 0.744. The minimum atomic E-state index is -0.728. The molecule has 4 nitrogen and oxygen atoms in total. The fourth-order valence-electron chi connectivity index (χ4n) is 1.64. The Bertz CT molecular complexity index is 303. The number of hydrogen-bond acceptors (Lipinski definition) is 4. The smallest absolute Gasteiger partial charge is 0.260 e. The van der Waals surface area contributed by atoms with Gasteiger partial charge in [0.05, 0.1) is 0 Å². The van der Waals surface area contributed by atoms with Gasteiger partial charge in [0, 0.05) is 14.1 Å². The Balaban J connectivity index is 2.54. The largest absolute Gasteiger partial charge is 0.319 e. The first-order valence-corrected chi connectivity index (χ1v) is 6.42. The van der Waals surface area contributed by atoms with Crippen molar-refractivity contribution in [3.8, 4) is 0 Å². The first kappa shape index (κ1) is 10.2. The molecule has 0 aromatic rings. The molecule has 0 saturated carbocycles.